The molecule has 0 spiro atoms. The highest BCUT2D eigenvalue weighted by atomic mass is 14.3. The van der Waals surface area contributed by atoms with Crippen LogP contribution in [0.15, 0.2) is 24.8 Å². The Kier molecular flexibility index (Phi) is 6.42. The summed E-state index contributed by atoms with van der Waals surface area (Å²) in [6.07, 6.45) is 14.7. The van der Waals surface area contributed by atoms with E-state index < -0.39 is 0 Å². The summed E-state index contributed by atoms with van der Waals surface area (Å²) in [7, 11) is 0. The third-order valence-electron chi connectivity index (χ3n) is 7.15. The lowest BCUT2D eigenvalue weighted by atomic mass is 9.74. The van der Waals surface area contributed by atoms with E-state index in [-0.39, 0.29) is 0 Å². The summed E-state index contributed by atoms with van der Waals surface area (Å²) in [6.45, 7) is 10.9. The molecule has 0 heteroatoms. The standard InChI is InChI=1S/C25H38/c1-18(2)25-16-15-24(17-20(25)4)23-13-11-22(12-14-23)10-9-21-7-5-19(3)6-8-21/h15-17,19,21-23H,1,5-14H2,2-4H3. The third-order valence-corrected chi connectivity index (χ3v) is 7.15. The molecule has 0 amide bonds. The number of hydrogen-bond donors (Lipinski definition) is 0. The SMILES string of the molecule is C=C(C)c1ccc(C2CCC(CCC3CCC(C)CC3)CC2)cc1C. The fraction of sp³-hybridized carbons (Fsp3) is 0.680. The minimum absolute atomic E-state index is 0.796. The van der Waals surface area contributed by atoms with Crippen molar-refractivity contribution in [2.24, 2.45) is 17.8 Å². The van der Waals surface area contributed by atoms with Crippen LogP contribution in [0, 0.1) is 24.7 Å². The zero-order valence-corrected chi connectivity index (χ0v) is 16.8. The van der Waals surface area contributed by atoms with Crippen molar-refractivity contribution >= 4 is 5.57 Å². The molecule has 0 radical (unpaired) electrons. The van der Waals surface area contributed by atoms with Crippen molar-refractivity contribution in [3.8, 4) is 0 Å². The van der Waals surface area contributed by atoms with E-state index >= 15 is 0 Å². The molecule has 3 rings (SSSR count). The first-order valence-electron chi connectivity index (χ1n) is 10.8. The van der Waals surface area contributed by atoms with Gasteiger partial charge >= 0.3 is 0 Å². The minimum Gasteiger partial charge on any atom is -0.0955 e. The van der Waals surface area contributed by atoms with Gasteiger partial charge in [0.2, 0.25) is 0 Å². The highest BCUT2D eigenvalue weighted by molar-refractivity contribution is 5.64. The van der Waals surface area contributed by atoms with Gasteiger partial charge in [-0.05, 0) is 79.9 Å². The summed E-state index contributed by atoms with van der Waals surface area (Å²) in [5, 5.41) is 0. The maximum atomic E-state index is 4.10. The van der Waals surface area contributed by atoms with E-state index in [0.717, 1.165) is 23.7 Å². The fourth-order valence-electron chi connectivity index (χ4n) is 5.29. The van der Waals surface area contributed by atoms with Crippen LogP contribution in [0.25, 0.3) is 5.57 Å². The predicted octanol–water partition coefficient (Wildman–Crippen LogP) is 7.91. The quantitative estimate of drug-likeness (QED) is 0.511. The van der Waals surface area contributed by atoms with Crippen molar-refractivity contribution < 1.29 is 0 Å². The predicted molar refractivity (Wildman–Crippen MR) is 111 cm³/mol. The Morgan fingerprint density at radius 3 is 2.00 bits per heavy atom. The molecule has 0 aliphatic heterocycles. The van der Waals surface area contributed by atoms with Gasteiger partial charge in [0, 0.05) is 0 Å². The van der Waals surface area contributed by atoms with Crippen LogP contribution < -0.4 is 0 Å². The smallest absolute Gasteiger partial charge is 0.0162 e. The Morgan fingerprint density at radius 2 is 1.48 bits per heavy atom. The van der Waals surface area contributed by atoms with Crippen LogP contribution in [-0.4, -0.2) is 0 Å². The van der Waals surface area contributed by atoms with E-state index in [1.807, 2.05) is 0 Å². The molecular formula is C25H38. The van der Waals surface area contributed by atoms with Crippen LogP contribution in [0.1, 0.15) is 101 Å². The molecule has 0 N–H and O–H groups in total. The molecule has 0 heterocycles. The molecule has 0 unspecified atom stereocenters. The van der Waals surface area contributed by atoms with Gasteiger partial charge in [0.05, 0.1) is 0 Å². The second kappa shape index (κ2) is 8.56. The molecule has 2 aliphatic carbocycles. The van der Waals surface area contributed by atoms with Crippen molar-refractivity contribution in [3.63, 3.8) is 0 Å². The lowest BCUT2D eigenvalue weighted by Crippen LogP contribution is -2.17. The van der Waals surface area contributed by atoms with Crippen LogP contribution in [0.5, 0.6) is 0 Å². The van der Waals surface area contributed by atoms with Crippen molar-refractivity contribution in [2.45, 2.75) is 90.9 Å². The molecule has 0 bridgehead atoms. The first-order chi connectivity index (χ1) is 12.0. The maximum Gasteiger partial charge on any atom is -0.0162 e. The topological polar surface area (TPSA) is 0 Å². The first-order valence-corrected chi connectivity index (χ1v) is 10.8. The van der Waals surface area contributed by atoms with Crippen molar-refractivity contribution in [1.82, 2.24) is 0 Å². The minimum atomic E-state index is 0.796. The van der Waals surface area contributed by atoms with Crippen LogP contribution in [-0.2, 0) is 0 Å². The highest BCUT2D eigenvalue weighted by Gasteiger charge is 2.24. The summed E-state index contributed by atoms with van der Waals surface area (Å²) >= 11 is 0. The number of benzene rings is 1. The van der Waals surface area contributed by atoms with Crippen molar-refractivity contribution in [1.29, 1.82) is 0 Å². The zero-order valence-electron chi connectivity index (χ0n) is 16.8. The van der Waals surface area contributed by atoms with Gasteiger partial charge in [-0.15, -0.1) is 0 Å². The van der Waals surface area contributed by atoms with Gasteiger partial charge < -0.3 is 0 Å². The van der Waals surface area contributed by atoms with Gasteiger partial charge in [-0.1, -0.05) is 75.8 Å². The molecule has 138 valence electrons. The molecule has 2 fully saturated rings. The molecule has 25 heavy (non-hydrogen) atoms. The van der Waals surface area contributed by atoms with Gasteiger partial charge in [-0.2, -0.15) is 0 Å². The first kappa shape index (κ1) is 18.7. The summed E-state index contributed by atoms with van der Waals surface area (Å²) in [4.78, 5) is 0. The Hall–Kier alpha value is -1.04. The number of rotatable bonds is 5. The van der Waals surface area contributed by atoms with Gasteiger partial charge in [0.1, 0.15) is 0 Å². The number of hydrogen-bond acceptors (Lipinski definition) is 0. The van der Waals surface area contributed by atoms with E-state index in [1.165, 1.54) is 80.9 Å². The lowest BCUT2D eigenvalue weighted by molar-refractivity contribution is 0.237. The van der Waals surface area contributed by atoms with Gasteiger partial charge in [-0.3, -0.25) is 0 Å². The van der Waals surface area contributed by atoms with Crippen LogP contribution in [0.4, 0.5) is 0 Å². The van der Waals surface area contributed by atoms with Gasteiger partial charge in [-0.25, -0.2) is 0 Å². The van der Waals surface area contributed by atoms with E-state index in [1.54, 1.807) is 5.56 Å². The van der Waals surface area contributed by atoms with Crippen LogP contribution >= 0.6 is 0 Å². The van der Waals surface area contributed by atoms with Crippen LogP contribution in [0.3, 0.4) is 0 Å². The Balaban J connectivity index is 1.45. The molecule has 0 nitrogen and oxygen atoms in total. The summed E-state index contributed by atoms with van der Waals surface area (Å²) in [6, 6.07) is 7.09. The molecule has 0 saturated heterocycles. The summed E-state index contributed by atoms with van der Waals surface area (Å²) in [5.41, 5.74) is 5.49. The summed E-state index contributed by atoms with van der Waals surface area (Å²) < 4.78 is 0. The fourth-order valence-corrected chi connectivity index (χ4v) is 5.29. The average molecular weight is 339 g/mol. The van der Waals surface area contributed by atoms with Gasteiger partial charge in [0.15, 0.2) is 0 Å². The molecule has 1 aromatic rings. The molecule has 1 aromatic carbocycles. The largest absolute Gasteiger partial charge is 0.0955 e. The molecule has 0 aromatic heterocycles. The number of aryl methyl sites for hydroxylation is 1. The Morgan fingerprint density at radius 1 is 0.920 bits per heavy atom. The lowest BCUT2D eigenvalue weighted by Gasteiger charge is -2.31. The second-order valence-corrected chi connectivity index (χ2v) is 9.28. The number of allylic oxidation sites excluding steroid dienone is 1. The third kappa shape index (κ3) is 4.99. The second-order valence-electron chi connectivity index (χ2n) is 9.28. The molecule has 2 saturated carbocycles. The van der Waals surface area contributed by atoms with Crippen molar-refractivity contribution in [2.75, 3.05) is 0 Å². The maximum absolute atomic E-state index is 4.10. The molecule has 2 aliphatic rings. The Labute approximate surface area is 156 Å². The average Bonchev–Trinajstić information content (AvgIpc) is 2.61. The zero-order chi connectivity index (χ0) is 17.8. The normalized spacial score (nSPS) is 30.2. The van der Waals surface area contributed by atoms with Crippen molar-refractivity contribution in [3.05, 3.63) is 41.5 Å². The van der Waals surface area contributed by atoms with E-state index in [2.05, 4.69) is 45.5 Å². The van der Waals surface area contributed by atoms with Crippen LogP contribution in [0.2, 0.25) is 0 Å². The monoisotopic (exact) mass is 338 g/mol. The van der Waals surface area contributed by atoms with E-state index in [9.17, 15) is 0 Å². The van der Waals surface area contributed by atoms with E-state index in [4.69, 9.17) is 0 Å². The highest BCUT2D eigenvalue weighted by Crippen LogP contribution is 2.40. The molecular weight excluding hydrogens is 300 g/mol. The Bertz CT molecular complexity index is 566. The van der Waals surface area contributed by atoms with Gasteiger partial charge in [0.25, 0.3) is 0 Å². The summed E-state index contributed by atoms with van der Waals surface area (Å²) in [5.74, 6) is 3.84. The molecule has 0 atom stereocenters. The van der Waals surface area contributed by atoms with E-state index in [0.29, 0.717) is 0 Å².